The number of hydrogen-bond donors (Lipinski definition) is 1. The van der Waals surface area contributed by atoms with Crippen molar-refractivity contribution >= 4 is 5.97 Å². The number of aliphatic hydroxyl groups is 1. The standard InChI is InChI=1S/C13H17NO3/c15-10-7-13-3-1-2-4-14(13)9(10)5-8-6-11(16)17-12(8)13/h6,9-10,12,15H,1-5,7H2/t9-,10-,12?,13-/m1/s1. The Morgan fingerprint density at radius 1 is 1.47 bits per heavy atom. The van der Waals surface area contributed by atoms with E-state index >= 15 is 0 Å². The molecule has 0 aromatic rings. The van der Waals surface area contributed by atoms with Crippen LogP contribution in [0.25, 0.3) is 0 Å². The van der Waals surface area contributed by atoms with Crippen LogP contribution in [-0.2, 0) is 9.53 Å². The van der Waals surface area contributed by atoms with Crippen LogP contribution >= 0.6 is 0 Å². The Hall–Kier alpha value is -0.870. The number of carbonyl (C=O) groups is 1. The van der Waals surface area contributed by atoms with Crippen LogP contribution < -0.4 is 0 Å². The summed E-state index contributed by atoms with van der Waals surface area (Å²) in [6.45, 7) is 1.04. The van der Waals surface area contributed by atoms with Crippen LogP contribution in [0.4, 0.5) is 0 Å². The Balaban J connectivity index is 1.81. The summed E-state index contributed by atoms with van der Waals surface area (Å²) in [7, 11) is 0. The van der Waals surface area contributed by atoms with Crippen LogP contribution in [0.1, 0.15) is 32.1 Å². The molecule has 3 saturated heterocycles. The molecule has 0 spiro atoms. The number of esters is 1. The van der Waals surface area contributed by atoms with E-state index in [-0.39, 0.29) is 29.8 Å². The molecule has 0 radical (unpaired) electrons. The Morgan fingerprint density at radius 2 is 2.35 bits per heavy atom. The summed E-state index contributed by atoms with van der Waals surface area (Å²) < 4.78 is 5.52. The molecule has 92 valence electrons. The molecule has 4 nitrogen and oxygen atoms in total. The molecule has 1 unspecified atom stereocenters. The lowest BCUT2D eigenvalue weighted by Gasteiger charge is -2.51. The van der Waals surface area contributed by atoms with E-state index in [9.17, 15) is 9.90 Å². The highest BCUT2D eigenvalue weighted by molar-refractivity contribution is 5.86. The van der Waals surface area contributed by atoms with Gasteiger partial charge >= 0.3 is 5.97 Å². The molecule has 4 rings (SSSR count). The molecular formula is C13H17NO3. The number of hydrogen-bond acceptors (Lipinski definition) is 4. The third-order valence-corrected chi connectivity index (χ3v) is 5.04. The van der Waals surface area contributed by atoms with Crippen molar-refractivity contribution in [3.63, 3.8) is 0 Å². The smallest absolute Gasteiger partial charge is 0.331 e. The van der Waals surface area contributed by atoms with E-state index in [0.717, 1.165) is 31.4 Å². The van der Waals surface area contributed by atoms with Gasteiger partial charge in [0, 0.05) is 12.1 Å². The fourth-order valence-corrected chi connectivity index (χ4v) is 4.45. The van der Waals surface area contributed by atoms with Gasteiger partial charge in [0.25, 0.3) is 0 Å². The largest absolute Gasteiger partial charge is 0.453 e. The Bertz CT molecular complexity index is 419. The molecule has 0 saturated carbocycles. The molecular weight excluding hydrogens is 218 g/mol. The molecule has 0 amide bonds. The summed E-state index contributed by atoms with van der Waals surface area (Å²) in [5.74, 6) is -0.188. The zero-order valence-corrected chi connectivity index (χ0v) is 9.76. The number of rotatable bonds is 0. The average Bonchev–Trinajstić information content (AvgIpc) is 2.78. The highest BCUT2D eigenvalue weighted by Gasteiger charge is 2.62. The van der Waals surface area contributed by atoms with Gasteiger partial charge in [-0.15, -0.1) is 0 Å². The second kappa shape index (κ2) is 3.12. The van der Waals surface area contributed by atoms with Crippen LogP contribution in [0.3, 0.4) is 0 Å². The minimum absolute atomic E-state index is 0.0799. The molecule has 4 aliphatic rings. The van der Waals surface area contributed by atoms with E-state index in [1.54, 1.807) is 6.08 Å². The summed E-state index contributed by atoms with van der Waals surface area (Å²) in [5.41, 5.74) is 1.04. The van der Waals surface area contributed by atoms with Gasteiger partial charge < -0.3 is 9.84 Å². The van der Waals surface area contributed by atoms with Crippen LogP contribution in [0.15, 0.2) is 11.6 Å². The van der Waals surface area contributed by atoms with Gasteiger partial charge in [-0.3, -0.25) is 4.90 Å². The van der Waals surface area contributed by atoms with Crippen molar-refractivity contribution in [1.82, 2.24) is 4.90 Å². The maximum atomic E-state index is 11.5. The SMILES string of the molecule is O=C1C=C2C[C@@H]3[C@H](O)C[C@]4(CCCCN34)C2O1. The quantitative estimate of drug-likeness (QED) is 0.625. The predicted octanol–water partition coefficient (Wildman–Crippen LogP) is 0.600. The van der Waals surface area contributed by atoms with E-state index in [1.165, 1.54) is 12.8 Å². The van der Waals surface area contributed by atoms with Gasteiger partial charge in [-0.2, -0.15) is 0 Å². The highest BCUT2D eigenvalue weighted by atomic mass is 16.5. The normalized spacial score (nSPS) is 48.4. The fraction of sp³-hybridized carbons (Fsp3) is 0.769. The summed E-state index contributed by atoms with van der Waals surface area (Å²) in [6.07, 6.45) is 6.33. The van der Waals surface area contributed by atoms with Gasteiger partial charge in [0.05, 0.1) is 11.6 Å². The first-order valence-electron chi connectivity index (χ1n) is 6.57. The minimum Gasteiger partial charge on any atom is -0.453 e. The predicted molar refractivity (Wildman–Crippen MR) is 60.3 cm³/mol. The van der Waals surface area contributed by atoms with Crippen LogP contribution in [0, 0.1) is 0 Å². The highest BCUT2D eigenvalue weighted by Crippen LogP contribution is 2.53. The fourth-order valence-electron chi connectivity index (χ4n) is 4.45. The maximum Gasteiger partial charge on any atom is 0.331 e. The van der Waals surface area contributed by atoms with Gasteiger partial charge in [0.2, 0.25) is 0 Å². The maximum absolute atomic E-state index is 11.5. The molecule has 4 heterocycles. The number of piperidine rings is 2. The number of nitrogens with zero attached hydrogens (tertiary/aromatic N) is 1. The molecule has 4 heteroatoms. The zero-order chi connectivity index (χ0) is 11.6. The van der Waals surface area contributed by atoms with E-state index in [0.29, 0.717) is 0 Å². The lowest BCUT2D eigenvalue weighted by Crippen LogP contribution is -2.61. The van der Waals surface area contributed by atoms with Crippen LogP contribution in [-0.4, -0.2) is 46.3 Å². The van der Waals surface area contributed by atoms with E-state index in [4.69, 9.17) is 4.74 Å². The molecule has 0 aliphatic carbocycles. The van der Waals surface area contributed by atoms with Gasteiger partial charge in [0.1, 0.15) is 6.10 Å². The van der Waals surface area contributed by atoms with Crippen molar-refractivity contribution in [2.45, 2.75) is 55.9 Å². The molecule has 3 fully saturated rings. The number of carbonyl (C=O) groups excluding carboxylic acids is 1. The third kappa shape index (κ3) is 1.13. The van der Waals surface area contributed by atoms with E-state index < -0.39 is 0 Å². The van der Waals surface area contributed by atoms with Crippen molar-refractivity contribution in [1.29, 1.82) is 0 Å². The first-order valence-corrected chi connectivity index (χ1v) is 6.57. The molecule has 1 N–H and O–H groups in total. The lowest BCUT2D eigenvalue weighted by molar-refractivity contribution is -0.148. The van der Waals surface area contributed by atoms with E-state index in [1.807, 2.05) is 0 Å². The lowest BCUT2D eigenvalue weighted by atomic mass is 9.76. The van der Waals surface area contributed by atoms with Crippen molar-refractivity contribution < 1.29 is 14.6 Å². The van der Waals surface area contributed by atoms with Crippen molar-refractivity contribution in [2.75, 3.05) is 6.54 Å². The molecule has 0 aromatic carbocycles. The molecule has 4 atom stereocenters. The number of ether oxygens (including phenoxy) is 1. The van der Waals surface area contributed by atoms with Crippen molar-refractivity contribution in [2.24, 2.45) is 0 Å². The van der Waals surface area contributed by atoms with Gasteiger partial charge in [-0.05, 0) is 37.8 Å². The van der Waals surface area contributed by atoms with Gasteiger partial charge in [0.15, 0.2) is 0 Å². The Morgan fingerprint density at radius 3 is 3.24 bits per heavy atom. The molecule has 2 bridgehead atoms. The number of fused-ring (bicyclic) bond motifs is 1. The summed E-state index contributed by atoms with van der Waals surface area (Å²) in [6, 6.07) is 0.215. The minimum atomic E-state index is -0.252. The van der Waals surface area contributed by atoms with Gasteiger partial charge in [-0.1, -0.05) is 6.42 Å². The zero-order valence-electron chi connectivity index (χ0n) is 9.76. The summed E-state index contributed by atoms with van der Waals surface area (Å²) in [4.78, 5) is 13.9. The molecule has 4 aliphatic heterocycles. The average molecular weight is 235 g/mol. The van der Waals surface area contributed by atoms with Crippen LogP contribution in [0.5, 0.6) is 0 Å². The van der Waals surface area contributed by atoms with Crippen molar-refractivity contribution in [3.8, 4) is 0 Å². The third-order valence-electron chi connectivity index (χ3n) is 5.04. The monoisotopic (exact) mass is 235 g/mol. The number of aliphatic hydroxyl groups excluding tert-OH is 1. The Labute approximate surface area is 100 Å². The summed E-state index contributed by atoms with van der Waals surface area (Å²) in [5, 5.41) is 10.2. The molecule has 0 aromatic heterocycles. The topological polar surface area (TPSA) is 49.8 Å². The summed E-state index contributed by atoms with van der Waals surface area (Å²) >= 11 is 0. The van der Waals surface area contributed by atoms with E-state index in [2.05, 4.69) is 4.90 Å². The second-order valence-corrected chi connectivity index (χ2v) is 5.83. The second-order valence-electron chi connectivity index (χ2n) is 5.83. The Kier molecular flexibility index (Phi) is 1.85. The van der Waals surface area contributed by atoms with Crippen molar-refractivity contribution in [3.05, 3.63) is 11.6 Å². The van der Waals surface area contributed by atoms with Gasteiger partial charge in [-0.25, -0.2) is 4.79 Å². The first kappa shape index (κ1) is 10.1. The first-order chi connectivity index (χ1) is 8.21. The van der Waals surface area contributed by atoms with Crippen LogP contribution in [0.2, 0.25) is 0 Å². The molecule has 17 heavy (non-hydrogen) atoms.